The molecule has 3 aromatic rings. The number of aromatic nitrogens is 3. The molecule has 0 saturated heterocycles. The summed E-state index contributed by atoms with van der Waals surface area (Å²) in [7, 11) is 5.91. The van der Waals surface area contributed by atoms with Crippen molar-refractivity contribution in [3.8, 4) is 10.6 Å². The van der Waals surface area contributed by atoms with Crippen LogP contribution in [0.25, 0.3) is 10.6 Å². The molecule has 0 atom stereocenters. The van der Waals surface area contributed by atoms with Crippen LogP contribution in [0.4, 0.5) is 22.5 Å². The lowest BCUT2D eigenvalue weighted by Crippen LogP contribution is -2.08. The number of thiazole rings is 1. The molecule has 0 spiro atoms. The zero-order chi connectivity index (χ0) is 17.1. The highest BCUT2D eigenvalue weighted by molar-refractivity contribution is 7.19. The molecule has 0 aliphatic rings. The van der Waals surface area contributed by atoms with Crippen molar-refractivity contribution in [2.24, 2.45) is 0 Å². The third-order valence-electron chi connectivity index (χ3n) is 3.54. The van der Waals surface area contributed by atoms with Gasteiger partial charge in [0, 0.05) is 38.7 Å². The van der Waals surface area contributed by atoms with E-state index in [0.717, 1.165) is 32.8 Å². The molecule has 0 fully saturated rings. The predicted octanol–water partition coefficient (Wildman–Crippen LogP) is 3.76. The highest BCUT2D eigenvalue weighted by Gasteiger charge is 2.11. The minimum Gasteiger partial charge on any atom is -0.378 e. The van der Waals surface area contributed by atoms with E-state index >= 15 is 0 Å². The fraction of sp³-hybridized carbons (Fsp3) is 0.235. The van der Waals surface area contributed by atoms with Gasteiger partial charge >= 0.3 is 0 Å². The van der Waals surface area contributed by atoms with Crippen molar-refractivity contribution in [1.82, 2.24) is 15.0 Å². The molecule has 2 heterocycles. The standard InChI is InChI=1S/C17H20N6S/c1-11-15(24-17(18-2)20-11)14-9-10-19-16(22-14)21-12-5-7-13(8-6-12)23(3)4/h5-10H,1-4H3,(H,18,20)(H,19,21,22). The number of anilines is 4. The van der Waals surface area contributed by atoms with Crippen LogP contribution in [0.2, 0.25) is 0 Å². The molecule has 3 rings (SSSR count). The maximum atomic E-state index is 4.61. The summed E-state index contributed by atoms with van der Waals surface area (Å²) in [5.74, 6) is 0.573. The van der Waals surface area contributed by atoms with Crippen LogP contribution in [0.15, 0.2) is 36.5 Å². The van der Waals surface area contributed by atoms with Gasteiger partial charge in [0.05, 0.1) is 16.3 Å². The Morgan fingerprint density at radius 2 is 1.79 bits per heavy atom. The Kier molecular flexibility index (Phi) is 4.61. The third-order valence-corrected chi connectivity index (χ3v) is 4.74. The number of nitrogens with zero attached hydrogens (tertiary/aromatic N) is 4. The van der Waals surface area contributed by atoms with Crippen LogP contribution in [0.3, 0.4) is 0 Å². The molecule has 0 radical (unpaired) electrons. The van der Waals surface area contributed by atoms with Crippen molar-refractivity contribution < 1.29 is 0 Å². The van der Waals surface area contributed by atoms with E-state index in [1.54, 1.807) is 17.5 Å². The molecule has 124 valence electrons. The first-order valence-electron chi connectivity index (χ1n) is 7.60. The summed E-state index contributed by atoms with van der Waals surface area (Å²) in [6, 6.07) is 10.0. The van der Waals surface area contributed by atoms with E-state index in [1.807, 2.05) is 46.3 Å². The lowest BCUT2D eigenvalue weighted by Gasteiger charge is -2.13. The number of aryl methyl sites for hydroxylation is 1. The van der Waals surface area contributed by atoms with Gasteiger partial charge in [0.15, 0.2) is 5.13 Å². The highest BCUT2D eigenvalue weighted by Crippen LogP contribution is 2.31. The first-order valence-corrected chi connectivity index (χ1v) is 8.41. The number of hydrogen-bond acceptors (Lipinski definition) is 7. The van der Waals surface area contributed by atoms with Crippen molar-refractivity contribution in [1.29, 1.82) is 0 Å². The van der Waals surface area contributed by atoms with Gasteiger partial charge in [0.1, 0.15) is 0 Å². The lowest BCUT2D eigenvalue weighted by molar-refractivity contribution is 1.13. The average Bonchev–Trinajstić information content (AvgIpc) is 2.97. The van der Waals surface area contributed by atoms with Gasteiger partial charge in [-0.3, -0.25) is 0 Å². The fourth-order valence-corrected chi connectivity index (χ4v) is 3.15. The predicted molar refractivity (Wildman–Crippen MR) is 101 cm³/mol. The van der Waals surface area contributed by atoms with E-state index in [2.05, 4.69) is 42.6 Å². The van der Waals surface area contributed by atoms with Crippen LogP contribution < -0.4 is 15.5 Å². The van der Waals surface area contributed by atoms with Crippen molar-refractivity contribution in [2.75, 3.05) is 36.7 Å². The van der Waals surface area contributed by atoms with Gasteiger partial charge < -0.3 is 15.5 Å². The molecule has 1 aromatic carbocycles. The average molecular weight is 340 g/mol. The molecule has 0 unspecified atom stereocenters. The minimum atomic E-state index is 0.573. The molecular formula is C17H20N6S. The third kappa shape index (κ3) is 3.46. The van der Waals surface area contributed by atoms with Gasteiger partial charge in [-0.1, -0.05) is 11.3 Å². The van der Waals surface area contributed by atoms with Crippen molar-refractivity contribution in [3.05, 3.63) is 42.2 Å². The molecule has 7 heteroatoms. The number of hydrogen-bond donors (Lipinski definition) is 2. The smallest absolute Gasteiger partial charge is 0.227 e. The Balaban J connectivity index is 1.83. The van der Waals surface area contributed by atoms with E-state index in [1.165, 1.54) is 0 Å². The summed E-state index contributed by atoms with van der Waals surface area (Å²) >= 11 is 1.59. The van der Waals surface area contributed by atoms with Crippen LogP contribution in [-0.2, 0) is 0 Å². The number of nitrogens with one attached hydrogen (secondary N) is 2. The zero-order valence-electron chi connectivity index (χ0n) is 14.2. The summed E-state index contributed by atoms with van der Waals surface area (Å²) in [6.45, 7) is 1.99. The summed E-state index contributed by atoms with van der Waals surface area (Å²) in [4.78, 5) is 16.5. The zero-order valence-corrected chi connectivity index (χ0v) is 15.0. The van der Waals surface area contributed by atoms with Gasteiger partial charge in [0.25, 0.3) is 0 Å². The Morgan fingerprint density at radius 3 is 2.42 bits per heavy atom. The maximum absolute atomic E-state index is 4.61. The summed E-state index contributed by atoms with van der Waals surface area (Å²) in [5, 5.41) is 7.20. The van der Waals surface area contributed by atoms with E-state index < -0.39 is 0 Å². The maximum Gasteiger partial charge on any atom is 0.227 e. The normalized spacial score (nSPS) is 10.5. The first kappa shape index (κ1) is 16.2. The largest absolute Gasteiger partial charge is 0.378 e. The van der Waals surface area contributed by atoms with Gasteiger partial charge in [-0.15, -0.1) is 0 Å². The molecule has 0 bridgehead atoms. The Bertz CT molecular complexity index is 825. The molecule has 0 amide bonds. The first-order chi connectivity index (χ1) is 11.6. The monoisotopic (exact) mass is 340 g/mol. The van der Waals surface area contributed by atoms with E-state index in [0.29, 0.717) is 5.95 Å². The molecule has 2 aromatic heterocycles. The van der Waals surface area contributed by atoms with Gasteiger partial charge in [-0.2, -0.15) is 0 Å². The molecule has 0 saturated carbocycles. The van der Waals surface area contributed by atoms with Crippen LogP contribution in [0, 0.1) is 6.92 Å². The van der Waals surface area contributed by atoms with Crippen LogP contribution in [0.1, 0.15) is 5.69 Å². The number of benzene rings is 1. The van der Waals surface area contributed by atoms with Crippen LogP contribution >= 0.6 is 11.3 Å². The fourth-order valence-electron chi connectivity index (χ4n) is 2.26. The second-order valence-electron chi connectivity index (χ2n) is 5.52. The highest BCUT2D eigenvalue weighted by atomic mass is 32.1. The molecule has 0 aliphatic heterocycles. The second-order valence-corrected chi connectivity index (χ2v) is 6.51. The van der Waals surface area contributed by atoms with E-state index in [9.17, 15) is 0 Å². The van der Waals surface area contributed by atoms with Gasteiger partial charge in [-0.25, -0.2) is 15.0 Å². The molecule has 24 heavy (non-hydrogen) atoms. The molecule has 6 nitrogen and oxygen atoms in total. The molecule has 0 aliphatic carbocycles. The van der Waals surface area contributed by atoms with Crippen molar-refractivity contribution >= 4 is 33.8 Å². The Labute approximate surface area is 145 Å². The van der Waals surface area contributed by atoms with E-state index in [4.69, 9.17) is 0 Å². The Morgan fingerprint density at radius 1 is 1.04 bits per heavy atom. The van der Waals surface area contributed by atoms with Gasteiger partial charge in [-0.05, 0) is 37.3 Å². The Hall–Kier alpha value is -2.67. The van der Waals surface area contributed by atoms with Crippen molar-refractivity contribution in [3.63, 3.8) is 0 Å². The summed E-state index contributed by atoms with van der Waals surface area (Å²) in [5.41, 5.74) is 3.93. The van der Waals surface area contributed by atoms with Crippen LogP contribution in [0.5, 0.6) is 0 Å². The van der Waals surface area contributed by atoms with Gasteiger partial charge in [0.2, 0.25) is 5.95 Å². The topological polar surface area (TPSA) is 66.0 Å². The van der Waals surface area contributed by atoms with Crippen LogP contribution in [-0.4, -0.2) is 36.1 Å². The quantitative estimate of drug-likeness (QED) is 0.737. The van der Waals surface area contributed by atoms with E-state index in [-0.39, 0.29) is 0 Å². The number of rotatable bonds is 5. The van der Waals surface area contributed by atoms with Crippen molar-refractivity contribution in [2.45, 2.75) is 6.92 Å². The SMILES string of the molecule is CNc1nc(C)c(-c2ccnc(Nc3ccc(N(C)C)cc3)n2)s1. The lowest BCUT2D eigenvalue weighted by atomic mass is 10.2. The second kappa shape index (κ2) is 6.84. The molecular weight excluding hydrogens is 320 g/mol. The summed E-state index contributed by atoms with van der Waals surface area (Å²) in [6.07, 6.45) is 1.76. The molecule has 2 N–H and O–H groups in total. The minimum absolute atomic E-state index is 0.573. The summed E-state index contributed by atoms with van der Waals surface area (Å²) < 4.78 is 0.